The van der Waals surface area contributed by atoms with Crippen molar-refractivity contribution in [2.75, 3.05) is 11.9 Å². The Bertz CT molecular complexity index is 769. The number of amides is 1. The van der Waals surface area contributed by atoms with Crippen molar-refractivity contribution < 1.29 is 13.9 Å². The summed E-state index contributed by atoms with van der Waals surface area (Å²) < 4.78 is 19.7. The number of nitrogens with zero attached hydrogens (tertiary/aromatic N) is 4. The van der Waals surface area contributed by atoms with Crippen LogP contribution in [0.2, 0.25) is 0 Å². The molecule has 134 valence electrons. The fourth-order valence-corrected chi connectivity index (χ4v) is 3.70. The first-order valence-electron chi connectivity index (χ1n) is 8.02. The van der Waals surface area contributed by atoms with Crippen LogP contribution in [0.25, 0.3) is 0 Å². The number of anilines is 1. The van der Waals surface area contributed by atoms with Gasteiger partial charge in [0.2, 0.25) is 11.7 Å². The summed E-state index contributed by atoms with van der Waals surface area (Å²) >= 11 is 1.45. The summed E-state index contributed by atoms with van der Waals surface area (Å²) in [7, 11) is 0. The number of hydrogen-bond acceptors (Lipinski definition) is 7. The van der Waals surface area contributed by atoms with Gasteiger partial charge in [0.25, 0.3) is 5.88 Å². The van der Waals surface area contributed by atoms with Gasteiger partial charge in [0.1, 0.15) is 12.4 Å². The number of carbonyl (C=O) groups excluding carboxylic acids is 1. The van der Waals surface area contributed by atoms with Gasteiger partial charge in [0.05, 0.1) is 5.69 Å². The quantitative estimate of drug-likeness (QED) is 0.876. The second-order valence-electron chi connectivity index (χ2n) is 6.15. The number of hydrogen-bond donors (Lipinski definition) is 1. The van der Waals surface area contributed by atoms with Crippen molar-refractivity contribution in [1.82, 2.24) is 19.9 Å². The second-order valence-corrected chi connectivity index (χ2v) is 7.26. The number of carbonyl (C=O) groups is 1. The molecule has 0 radical (unpaired) electrons. The molecule has 3 rings (SSSR count). The lowest BCUT2D eigenvalue weighted by molar-refractivity contribution is -0.114. The smallest absolute Gasteiger partial charge is 0.254 e. The van der Waals surface area contributed by atoms with Crippen LogP contribution in [-0.4, -0.2) is 44.4 Å². The molecule has 1 N–H and O–H groups in total. The Morgan fingerprint density at radius 3 is 3.04 bits per heavy atom. The summed E-state index contributed by atoms with van der Waals surface area (Å²) in [5.41, 5.74) is 0.281. The second kappa shape index (κ2) is 7.40. The van der Waals surface area contributed by atoms with Crippen molar-refractivity contribution in [2.45, 2.75) is 45.9 Å². The summed E-state index contributed by atoms with van der Waals surface area (Å²) in [5, 5.41) is 3.28. The molecule has 0 bridgehead atoms. The Balaban J connectivity index is 1.60. The Morgan fingerprint density at radius 2 is 2.28 bits per heavy atom. The van der Waals surface area contributed by atoms with E-state index in [1.165, 1.54) is 24.6 Å². The van der Waals surface area contributed by atoms with E-state index in [0.29, 0.717) is 24.3 Å². The molecule has 25 heavy (non-hydrogen) atoms. The van der Waals surface area contributed by atoms with Crippen molar-refractivity contribution >= 4 is 22.4 Å². The van der Waals surface area contributed by atoms with E-state index in [1.807, 2.05) is 0 Å². The molecular formula is C16H20FN5O2S. The number of aryl methyl sites for hydroxylation is 1. The summed E-state index contributed by atoms with van der Waals surface area (Å²) in [4.78, 5) is 26.3. The number of nitrogens with one attached hydrogen (secondary N) is 1. The van der Waals surface area contributed by atoms with Crippen LogP contribution in [0, 0.1) is 12.7 Å². The largest absolute Gasteiger partial charge is 0.471 e. The van der Waals surface area contributed by atoms with Crippen LogP contribution >= 0.6 is 11.3 Å². The predicted molar refractivity (Wildman–Crippen MR) is 92.0 cm³/mol. The van der Waals surface area contributed by atoms with E-state index >= 15 is 0 Å². The molecule has 1 aliphatic rings. The minimum absolute atomic E-state index is 0.0114. The zero-order valence-corrected chi connectivity index (χ0v) is 15.1. The van der Waals surface area contributed by atoms with Crippen LogP contribution in [0.3, 0.4) is 0 Å². The average Bonchev–Trinajstić information content (AvgIpc) is 3.11. The third-order valence-electron chi connectivity index (χ3n) is 4.07. The standard InChI is InChI=1S/C16H20FN5O2S/c1-9-4-12(24-15-14(17)10(2)19-8-20-15)6-22(9)7-13-5-18-16(25-13)21-11(3)23/h5,8-9,12H,4,6-7H2,1-3H3,(H,18,21,23)/t9-,12+/m0/s1. The minimum Gasteiger partial charge on any atom is -0.471 e. The highest BCUT2D eigenvalue weighted by molar-refractivity contribution is 7.15. The fraction of sp³-hybridized carbons (Fsp3) is 0.500. The summed E-state index contributed by atoms with van der Waals surface area (Å²) in [6, 6.07) is 0.294. The molecule has 2 atom stereocenters. The predicted octanol–water partition coefficient (Wildman–Crippen LogP) is 2.38. The molecular weight excluding hydrogens is 345 g/mol. The third-order valence-corrected chi connectivity index (χ3v) is 4.97. The van der Waals surface area contributed by atoms with Crippen LogP contribution in [-0.2, 0) is 11.3 Å². The highest BCUT2D eigenvalue weighted by Crippen LogP contribution is 2.27. The van der Waals surface area contributed by atoms with E-state index in [2.05, 4.69) is 32.1 Å². The van der Waals surface area contributed by atoms with Gasteiger partial charge in [0.15, 0.2) is 5.13 Å². The van der Waals surface area contributed by atoms with Gasteiger partial charge in [-0.25, -0.2) is 9.97 Å². The first-order chi connectivity index (χ1) is 11.9. The molecule has 2 aromatic rings. The van der Waals surface area contributed by atoms with Gasteiger partial charge >= 0.3 is 0 Å². The van der Waals surface area contributed by atoms with Crippen LogP contribution < -0.4 is 10.1 Å². The molecule has 1 saturated heterocycles. The maximum atomic E-state index is 14.0. The number of halogens is 1. The molecule has 1 amide bonds. The van der Waals surface area contributed by atoms with E-state index in [0.717, 1.165) is 11.3 Å². The molecule has 1 aliphatic heterocycles. The monoisotopic (exact) mass is 365 g/mol. The van der Waals surface area contributed by atoms with Gasteiger partial charge in [-0.05, 0) is 13.8 Å². The van der Waals surface area contributed by atoms with Crippen molar-refractivity contribution in [1.29, 1.82) is 0 Å². The van der Waals surface area contributed by atoms with Crippen LogP contribution in [0.1, 0.15) is 30.8 Å². The number of thiazole rings is 1. The zero-order chi connectivity index (χ0) is 18.0. The normalized spacial score (nSPS) is 20.6. The van der Waals surface area contributed by atoms with Gasteiger partial charge in [-0.3, -0.25) is 9.69 Å². The lowest BCUT2D eigenvalue weighted by atomic mass is 10.2. The first-order valence-corrected chi connectivity index (χ1v) is 8.84. The van der Waals surface area contributed by atoms with E-state index in [9.17, 15) is 9.18 Å². The van der Waals surface area contributed by atoms with Crippen LogP contribution in [0.5, 0.6) is 5.88 Å². The average molecular weight is 365 g/mol. The van der Waals surface area contributed by atoms with Gasteiger partial charge in [-0.1, -0.05) is 0 Å². The van der Waals surface area contributed by atoms with E-state index in [4.69, 9.17) is 4.74 Å². The van der Waals surface area contributed by atoms with E-state index < -0.39 is 5.82 Å². The lowest BCUT2D eigenvalue weighted by Gasteiger charge is -2.19. The van der Waals surface area contributed by atoms with E-state index in [-0.39, 0.29) is 23.6 Å². The van der Waals surface area contributed by atoms with Crippen LogP contribution in [0.15, 0.2) is 12.5 Å². The van der Waals surface area contributed by atoms with Crippen molar-refractivity contribution in [3.63, 3.8) is 0 Å². The molecule has 7 nitrogen and oxygen atoms in total. The highest BCUT2D eigenvalue weighted by atomic mass is 32.1. The van der Waals surface area contributed by atoms with Gasteiger partial charge in [0, 0.05) is 43.5 Å². The summed E-state index contributed by atoms with van der Waals surface area (Å²) in [5.74, 6) is -0.626. The third kappa shape index (κ3) is 4.29. The maximum absolute atomic E-state index is 14.0. The maximum Gasteiger partial charge on any atom is 0.254 e. The molecule has 3 heterocycles. The van der Waals surface area contributed by atoms with Crippen molar-refractivity contribution in [3.8, 4) is 5.88 Å². The molecule has 0 spiro atoms. The van der Waals surface area contributed by atoms with Crippen molar-refractivity contribution in [2.24, 2.45) is 0 Å². The number of aromatic nitrogens is 3. The molecule has 9 heteroatoms. The fourth-order valence-electron chi connectivity index (χ4n) is 2.82. The summed E-state index contributed by atoms with van der Waals surface area (Å²) in [6.45, 7) is 6.55. The minimum atomic E-state index is -0.504. The number of ether oxygens (including phenoxy) is 1. The molecule has 1 fully saturated rings. The first kappa shape index (κ1) is 17.7. The summed E-state index contributed by atoms with van der Waals surface area (Å²) in [6.07, 6.45) is 3.75. The Hall–Kier alpha value is -2.13. The molecule has 0 aliphatic carbocycles. The Kier molecular flexibility index (Phi) is 5.24. The number of likely N-dealkylation sites (tertiary alicyclic amines) is 1. The number of rotatable bonds is 5. The van der Waals surface area contributed by atoms with E-state index in [1.54, 1.807) is 13.1 Å². The Labute approximate surface area is 149 Å². The molecule has 0 unspecified atom stereocenters. The van der Waals surface area contributed by atoms with Gasteiger partial charge < -0.3 is 10.1 Å². The highest BCUT2D eigenvalue weighted by Gasteiger charge is 2.31. The van der Waals surface area contributed by atoms with Crippen LogP contribution in [0.4, 0.5) is 9.52 Å². The zero-order valence-electron chi connectivity index (χ0n) is 14.3. The molecule has 2 aromatic heterocycles. The molecule has 0 saturated carbocycles. The van der Waals surface area contributed by atoms with Gasteiger partial charge in [-0.15, -0.1) is 11.3 Å². The lowest BCUT2D eigenvalue weighted by Crippen LogP contribution is -2.27. The Morgan fingerprint density at radius 1 is 1.48 bits per heavy atom. The molecule has 0 aromatic carbocycles. The SMILES string of the molecule is CC(=O)Nc1ncc(CN2C[C@H](Oc3ncnc(C)c3F)C[C@@H]2C)s1. The van der Waals surface area contributed by atoms with Crippen molar-refractivity contribution in [3.05, 3.63) is 28.9 Å². The topological polar surface area (TPSA) is 80.2 Å². The van der Waals surface area contributed by atoms with Gasteiger partial charge in [-0.2, -0.15) is 9.37 Å².